The molecule has 3 aromatic rings. The van der Waals surface area contributed by atoms with E-state index in [0.717, 1.165) is 12.1 Å². The van der Waals surface area contributed by atoms with Crippen molar-refractivity contribution in [1.82, 2.24) is 15.0 Å². The number of imidazole rings is 1. The zero-order valence-electron chi connectivity index (χ0n) is 14.7. The molecule has 2 atom stereocenters. The molecule has 0 spiro atoms. The second-order valence-corrected chi connectivity index (χ2v) is 7.43. The van der Waals surface area contributed by atoms with Gasteiger partial charge in [-0.25, -0.2) is 0 Å². The van der Waals surface area contributed by atoms with Gasteiger partial charge in [0.15, 0.2) is 5.25 Å². The SMILES string of the molecule is COc1ccnc(C(C)[S+]([O-])c2nc3cc(OC(F)(F)C(F)F)ccc3[nH]2)c1.[NaH]. The molecule has 152 valence electrons. The van der Waals surface area contributed by atoms with Crippen molar-refractivity contribution in [2.75, 3.05) is 7.11 Å². The van der Waals surface area contributed by atoms with E-state index in [1.54, 1.807) is 19.1 Å². The second kappa shape index (κ2) is 9.52. The van der Waals surface area contributed by atoms with Crippen LogP contribution in [0.2, 0.25) is 0 Å². The number of aromatic nitrogens is 3. The third-order valence-corrected chi connectivity index (χ3v) is 5.32. The summed E-state index contributed by atoms with van der Waals surface area (Å²) in [7, 11) is 1.50. The minimum atomic E-state index is -4.62. The van der Waals surface area contributed by atoms with Crippen LogP contribution in [0.15, 0.2) is 41.7 Å². The first-order valence-corrected chi connectivity index (χ1v) is 9.18. The van der Waals surface area contributed by atoms with Gasteiger partial charge >= 0.3 is 47.2 Å². The summed E-state index contributed by atoms with van der Waals surface area (Å²) in [4.78, 5) is 11.1. The average molecular weight is 441 g/mol. The minimum absolute atomic E-state index is 0. The summed E-state index contributed by atoms with van der Waals surface area (Å²) < 4.78 is 72.6. The van der Waals surface area contributed by atoms with Crippen molar-refractivity contribution < 1.29 is 31.6 Å². The molecule has 0 aliphatic rings. The Hall–Kier alpha value is -1.53. The fourth-order valence-corrected chi connectivity index (χ4v) is 3.46. The summed E-state index contributed by atoms with van der Waals surface area (Å²) in [5.41, 5.74) is 1.05. The summed E-state index contributed by atoms with van der Waals surface area (Å²) in [5, 5.41) is -0.459. The standard InChI is InChI=1S/C17H15F4N3O3S.Na.H/c1-9(13-7-10(26-2)5-6-22-13)28(25)16-23-12-4-3-11(8-14(12)24-16)27-17(20,21)15(18)19;;/h3-9,15H,1-2H3,(H,23,24);;. The molecule has 0 saturated heterocycles. The molecule has 6 nitrogen and oxygen atoms in total. The van der Waals surface area contributed by atoms with E-state index in [0.29, 0.717) is 17.0 Å². The number of fused-ring (bicyclic) bond motifs is 1. The van der Waals surface area contributed by atoms with Gasteiger partial charge in [0.25, 0.3) is 0 Å². The van der Waals surface area contributed by atoms with Gasteiger partial charge in [-0.15, -0.1) is 0 Å². The first-order chi connectivity index (χ1) is 13.2. The van der Waals surface area contributed by atoms with Gasteiger partial charge in [0.1, 0.15) is 11.5 Å². The third kappa shape index (κ3) is 5.34. The molecule has 1 aromatic carbocycles. The Labute approximate surface area is 188 Å². The van der Waals surface area contributed by atoms with E-state index in [9.17, 15) is 22.1 Å². The third-order valence-electron chi connectivity index (χ3n) is 3.86. The fourth-order valence-electron chi connectivity index (χ4n) is 2.38. The molecule has 0 fully saturated rings. The van der Waals surface area contributed by atoms with Crippen LogP contribution in [0, 0.1) is 0 Å². The number of hydrogen-bond donors (Lipinski definition) is 1. The van der Waals surface area contributed by atoms with Gasteiger partial charge in [0, 0.05) is 29.5 Å². The van der Waals surface area contributed by atoms with Crippen LogP contribution in [0.3, 0.4) is 0 Å². The number of methoxy groups -OCH3 is 1. The molecule has 0 bridgehead atoms. The Morgan fingerprint density at radius 1 is 1.17 bits per heavy atom. The van der Waals surface area contributed by atoms with Crippen molar-refractivity contribution in [1.29, 1.82) is 0 Å². The number of rotatable bonds is 7. The molecule has 29 heavy (non-hydrogen) atoms. The van der Waals surface area contributed by atoms with Crippen LogP contribution < -0.4 is 9.47 Å². The van der Waals surface area contributed by atoms with Crippen LogP contribution in [0.25, 0.3) is 11.0 Å². The number of nitrogens with one attached hydrogen (secondary N) is 1. The van der Waals surface area contributed by atoms with Gasteiger partial charge in [-0.3, -0.25) is 9.97 Å². The molecule has 2 heterocycles. The zero-order valence-corrected chi connectivity index (χ0v) is 15.5. The molecule has 12 heteroatoms. The van der Waals surface area contributed by atoms with E-state index in [-0.39, 0.29) is 40.2 Å². The predicted octanol–water partition coefficient (Wildman–Crippen LogP) is 3.42. The Kier molecular flexibility index (Phi) is 7.80. The first-order valence-electron chi connectivity index (χ1n) is 7.96. The van der Waals surface area contributed by atoms with Crippen LogP contribution in [-0.2, 0) is 11.2 Å². The van der Waals surface area contributed by atoms with Crippen molar-refractivity contribution in [3.8, 4) is 11.5 Å². The van der Waals surface area contributed by atoms with Crippen LogP contribution in [0.1, 0.15) is 17.9 Å². The molecular weight excluding hydrogens is 425 g/mol. The molecule has 0 amide bonds. The van der Waals surface area contributed by atoms with Crippen molar-refractivity contribution >= 4 is 51.8 Å². The van der Waals surface area contributed by atoms with Crippen LogP contribution in [-0.4, -0.2) is 68.7 Å². The van der Waals surface area contributed by atoms with E-state index < -0.39 is 34.7 Å². The van der Waals surface area contributed by atoms with Gasteiger partial charge in [-0.2, -0.15) is 22.5 Å². The van der Waals surface area contributed by atoms with Crippen molar-refractivity contribution in [2.24, 2.45) is 0 Å². The average Bonchev–Trinajstić information content (AvgIpc) is 3.09. The van der Waals surface area contributed by atoms with E-state index in [1.807, 2.05) is 0 Å². The van der Waals surface area contributed by atoms with E-state index in [4.69, 9.17) is 4.74 Å². The summed E-state index contributed by atoms with van der Waals surface area (Å²) in [6.45, 7) is 1.68. The number of benzene rings is 1. The molecule has 3 rings (SSSR count). The topological polar surface area (TPSA) is 83.1 Å². The summed E-state index contributed by atoms with van der Waals surface area (Å²) in [5.74, 6) is 0.0735. The fraction of sp³-hybridized carbons (Fsp3) is 0.294. The predicted molar refractivity (Wildman–Crippen MR) is 100 cm³/mol. The van der Waals surface area contributed by atoms with Gasteiger partial charge in [0.05, 0.1) is 23.8 Å². The maximum atomic E-state index is 13.1. The number of hydrogen-bond acceptors (Lipinski definition) is 5. The number of pyridine rings is 1. The van der Waals surface area contributed by atoms with Crippen molar-refractivity contribution in [3.63, 3.8) is 0 Å². The Morgan fingerprint density at radius 2 is 1.90 bits per heavy atom. The van der Waals surface area contributed by atoms with Crippen molar-refractivity contribution in [2.45, 2.75) is 29.9 Å². The van der Waals surface area contributed by atoms with E-state index in [1.165, 1.54) is 19.4 Å². The molecular formula is C17H16F4N3NaO3S. The number of H-pyrrole nitrogens is 1. The van der Waals surface area contributed by atoms with Crippen LogP contribution in [0.5, 0.6) is 11.5 Å². The molecule has 0 aliphatic heterocycles. The monoisotopic (exact) mass is 441 g/mol. The molecule has 2 aromatic heterocycles. The Morgan fingerprint density at radius 3 is 2.55 bits per heavy atom. The van der Waals surface area contributed by atoms with Gasteiger partial charge in [-0.1, -0.05) is 0 Å². The summed E-state index contributed by atoms with van der Waals surface area (Å²) >= 11 is -1.65. The number of halogens is 4. The summed E-state index contributed by atoms with van der Waals surface area (Å²) in [6, 6.07) is 6.78. The molecule has 0 aliphatic carbocycles. The molecule has 0 radical (unpaired) electrons. The van der Waals surface area contributed by atoms with E-state index >= 15 is 0 Å². The number of nitrogens with zero attached hydrogens (tertiary/aromatic N) is 2. The first kappa shape index (κ1) is 23.7. The van der Waals surface area contributed by atoms with Crippen LogP contribution >= 0.6 is 0 Å². The van der Waals surface area contributed by atoms with Gasteiger partial charge < -0.3 is 14.0 Å². The van der Waals surface area contributed by atoms with Gasteiger partial charge in [0.2, 0.25) is 0 Å². The number of alkyl halides is 4. The quantitative estimate of drug-likeness (QED) is 0.345. The molecule has 0 saturated carbocycles. The normalized spacial score (nSPS) is 13.8. The van der Waals surface area contributed by atoms with Crippen molar-refractivity contribution in [3.05, 3.63) is 42.2 Å². The maximum absolute atomic E-state index is 13.1. The van der Waals surface area contributed by atoms with Crippen LogP contribution in [0.4, 0.5) is 17.6 Å². The zero-order chi connectivity index (χ0) is 20.5. The molecule has 1 N–H and O–H groups in total. The summed E-state index contributed by atoms with van der Waals surface area (Å²) in [6.07, 6.45) is -7.07. The Bertz CT molecular complexity index is 976. The molecule has 2 unspecified atom stereocenters. The number of ether oxygens (including phenoxy) is 2. The number of aromatic amines is 1. The Balaban J connectivity index is 0.00000300. The van der Waals surface area contributed by atoms with E-state index in [2.05, 4.69) is 19.7 Å². The van der Waals surface area contributed by atoms with Gasteiger partial charge in [-0.05, 0) is 25.1 Å². The second-order valence-electron chi connectivity index (χ2n) is 5.75.